The number of phenolic OH excluding ortho intramolecular Hbond substituents is 2. The predicted molar refractivity (Wildman–Crippen MR) is 52.0 cm³/mol. The average Bonchev–Trinajstić information content (AvgIpc) is 2.08. The number of halogens is 1. The van der Waals surface area contributed by atoms with Gasteiger partial charge in [-0.15, -0.1) is 0 Å². The summed E-state index contributed by atoms with van der Waals surface area (Å²) < 4.78 is 0. The Morgan fingerprint density at radius 3 is 2.50 bits per heavy atom. The highest BCUT2D eigenvalue weighted by molar-refractivity contribution is 9.09. The summed E-state index contributed by atoms with van der Waals surface area (Å²) in [6.45, 7) is 2.04. The first-order valence-corrected chi connectivity index (χ1v) is 4.85. The molecule has 1 aromatic rings. The van der Waals surface area contributed by atoms with Crippen molar-refractivity contribution in [3.8, 4) is 11.5 Å². The lowest BCUT2D eigenvalue weighted by molar-refractivity contribution is 0.403. The predicted octanol–water partition coefficient (Wildman–Crippen LogP) is 2.60. The normalized spacial score (nSPS) is 12.8. The molecule has 1 rings (SSSR count). The van der Waals surface area contributed by atoms with E-state index in [0.29, 0.717) is 5.92 Å². The second-order valence-electron chi connectivity index (χ2n) is 2.80. The van der Waals surface area contributed by atoms with Crippen molar-refractivity contribution in [2.45, 2.75) is 12.8 Å². The maximum absolute atomic E-state index is 9.18. The largest absolute Gasteiger partial charge is 0.504 e. The van der Waals surface area contributed by atoms with Gasteiger partial charge in [-0.2, -0.15) is 0 Å². The maximum atomic E-state index is 9.18. The van der Waals surface area contributed by atoms with E-state index in [1.165, 1.54) is 6.07 Å². The molecule has 0 aliphatic heterocycles. The third-order valence-corrected chi connectivity index (χ3v) is 2.77. The van der Waals surface area contributed by atoms with Gasteiger partial charge in [0.2, 0.25) is 0 Å². The number of alkyl halides is 1. The topological polar surface area (TPSA) is 40.5 Å². The number of benzene rings is 1. The molecule has 0 saturated carbocycles. The quantitative estimate of drug-likeness (QED) is 0.606. The van der Waals surface area contributed by atoms with Gasteiger partial charge in [-0.3, -0.25) is 0 Å². The summed E-state index contributed by atoms with van der Waals surface area (Å²) in [4.78, 5) is 0. The van der Waals surface area contributed by atoms with Crippen LogP contribution in [-0.2, 0) is 0 Å². The average molecular weight is 231 g/mol. The van der Waals surface area contributed by atoms with E-state index < -0.39 is 0 Å². The van der Waals surface area contributed by atoms with Crippen LogP contribution >= 0.6 is 15.9 Å². The van der Waals surface area contributed by atoms with Crippen LogP contribution in [0.15, 0.2) is 18.2 Å². The van der Waals surface area contributed by atoms with Gasteiger partial charge in [-0.05, 0) is 23.6 Å². The first-order valence-electron chi connectivity index (χ1n) is 3.73. The van der Waals surface area contributed by atoms with E-state index in [9.17, 15) is 5.11 Å². The van der Waals surface area contributed by atoms with E-state index >= 15 is 0 Å². The van der Waals surface area contributed by atoms with Crippen LogP contribution < -0.4 is 0 Å². The molecule has 12 heavy (non-hydrogen) atoms. The van der Waals surface area contributed by atoms with Gasteiger partial charge < -0.3 is 10.2 Å². The van der Waals surface area contributed by atoms with Crippen molar-refractivity contribution >= 4 is 15.9 Å². The Labute approximate surface area is 80.0 Å². The molecule has 0 aliphatic rings. The summed E-state index contributed by atoms with van der Waals surface area (Å²) in [5, 5.41) is 19.1. The van der Waals surface area contributed by atoms with Gasteiger partial charge in [-0.25, -0.2) is 0 Å². The first kappa shape index (κ1) is 9.39. The summed E-state index contributed by atoms with van der Waals surface area (Å²) in [5.41, 5.74) is 1.02. The Hall–Kier alpha value is -0.700. The summed E-state index contributed by atoms with van der Waals surface area (Å²) in [7, 11) is 0. The van der Waals surface area contributed by atoms with E-state index in [2.05, 4.69) is 15.9 Å². The molecule has 0 heterocycles. The maximum Gasteiger partial charge on any atom is 0.157 e. The Kier molecular flexibility index (Phi) is 2.98. The van der Waals surface area contributed by atoms with Crippen LogP contribution in [0.5, 0.6) is 11.5 Å². The highest BCUT2D eigenvalue weighted by Gasteiger charge is 2.06. The van der Waals surface area contributed by atoms with Crippen molar-refractivity contribution < 1.29 is 10.2 Å². The fourth-order valence-corrected chi connectivity index (χ4v) is 1.31. The summed E-state index contributed by atoms with van der Waals surface area (Å²) in [6.07, 6.45) is 0. The third kappa shape index (κ3) is 1.91. The van der Waals surface area contributed by atoms with Crippen LogP contribution in [0.25, 0.3) is 0 Å². The van der Waals surface area contributed by atoms with Gasteiger partial charge in [0.05, 0.1) is 0 Å². The molecule has 66 valence electrons. The lowest BCUT2D eigenvalue weighted by atomic mass is 10.0. The first-order chi connectivity index (χ1) is 5.65. The Morgan fingerprint density at radius 1 is 1.33 bits per heavy atom. The van der Waals surface area contributed by atoms with Crippen LogP contribution in [0.4, 0.5) is 0 Å². The molecular formula is C9H11BrO2. The molecule has 3 heteroatoms. The summed E-state index contributed by atoms with van der Waals surface area (Å²) in [5.74, 6) is 0.220. The van der Waals surface area contributed by atoms with Gasteiger partial charge in [-0.1, -0.05) is 28.9 Å². The molecule has 0 aliphatic carbocycles. The Bertz CT molecular complexity index is 273. The Balaban J connectivity index is 2.96. The van der Waals surface area contributed by atoms with Crippen molar-refractivity contribution in [1.29, 1.82) is 0 Å². The van der Waals surface area contributed by atoms with Crippen molar-refractivity contribution in [2.75, 3.05) is 5.33 Å². The number of hydrogen-bond donors (Lipinski definition) is 2. The second kappa shape index (κ2) is 3.81. The van der Waals surface area contributed by atoms with Gasteiger partial charge in [0.15, 0.2) is 11.5 Å². The Morgan fingerprint density at radius 2 is 2.00 bits per heavy atom. The molecule has 0 fully saturated rings. The fourth-order valence-electron chi connectivity index (χ4n) is 0.936. The van der Waals surface area contributed by atoms with Crippen LogP contribution in [0.3, 0.4) is 0 Å². The van der Waals surface area contributed by atoms with Crippen LogP contribution in [0.2, 0.25) is 0 Å². The second-order valence-corrected chi connectivity index (χ2v) is 3.45. The number of rotatable bonds is 2. The van der Waals surface area contributed by atoms with E-state index in [0.717, 1.165) is 10.9 Å². The molecule has 1 atom stereocenters. The molecule has 0 saturated heterocycles. The SMILES string of the molecule is CC(CBr)c1ccc(O)c(O)c1. The summed E-state index contributed by atoms with van der Waals surface area (Å²) >= 11 is 3.35. The van der Waals surface area contributed by atoms with Crippen molar-refractivity contribution in [2.24, 2.45) is 0 Å². The monoisotopic (exact) mass is 230 g/mol. The zero-order valence-electron chi connectivity index (χ0n) is 6.79. The van der Waals surface area contributed by atoms with Gasteiger partial charge in [0, 0.05) is 5.33 Å². The minimum absolute atomic E-state index is 0.0553. The molecule has 1 unspecified atom stereocenters. The molecule has 2 N–H and O–H groups in total. The fraction of sp³-hybridized carbons (Fsp3) is 0.333. The minimum Gasteiger partial charge on any atom is -0.504 e. The number of aromatic hydroxyl groups is 2. The highest BCUT2D eigenvalue weighted by Crippen LogP contribution is 2.28. The summed E-state index contributed by atoms with van der Waals surface area (Å²) in [6, 6.07) is 4.89. The molecule has 2 nitrogen and oxygen atoms in total. The standard InChI is InChI=1S/C9H11BrO2/c1-6(5-10)7-2-3-8(11)9(12)4-7/h2-4,6,11-12H,5H2,1H3. The van der Waals surface area contributed by atoms with Crippen molar-refractivity contribution in [3.63, 3.8) is 0 Å². The molecule has 0 aromatic heterocycles. The van der Waals surface area contributed by atoms with E-state index in [1.807, 2.05) is 6.92 Å². The van der Waals surface area contributed by atoms with Crippen LogP contribution in [0.1, 0.15) is 18.4 Å². The number of phenols is 2. The molecule has 0 amide bonds. The minimum atomic E-state index is -0.0690. The van der Waals surface area contributed by atoms with E-state index in [4.69, 9.17) is 5.11 Å². The molecule has 0 bridgehead atoms. The van der Waals surface area contributed by atoms with E-state index in [1.54, 1.807) is 12.1 Å². The molecular weight excluding hydrogens is 220 g/mol. The van der Waals surface area contributed by atoms with E-state index in [-0.39, 0.29) is 11.5 Å². The zero-order chi connectivity index (χ0) is 9.14. The third-order valence-electron chi connectivity index (χ3n) is 1.80. The zero-order valence-corrected chi connectivity index (χ0v) is 8.37. The van der Waals surface area contributed by atoms with Gasteiger partial charge >= 0.3 is 0 Å². The van der Waals surface area contributed by atoms with Crippen LogP contribution in [0, 0.1) is 0 Å². The smallest absolute Gasteiger partial charge is 0.157 e. The van der Waals surface area contributed by atoms with Crippen molar-refractivity contribution in [1.82, 2.24) is 0 Å². The van der Waals surface area contributed by atoms with Gasteiger partial charge in [0.25, 0.3) is 0 Å². The highest BCUT2D eigenvalue weighted by atomic mass is 79.9. The lowest BCUT2D eigenvalue weighted by Crippen LogP contribution is -1.93. The molecule has 0 spiro atoms. The number of hydrogen-bond acceptors (Lipinski definition) is 2. The lowest BCUT2D eigenvalue weighted by Gasteiger charge is -2.08. The molecule has 0 radical (unpaired) electrons. The van der Waals surface area contributed by atoms with Gasteiger partial charge in [0.1, 0.15) is 0 Å². The molecule has 1 aromatic carbocycles. The van der Waals surface area contributed by atoms with Crippen LogP contribution in [-0.4, -0.2) is 15.5 Å². The van der Waals surface area contributed by atoms with Crippen molar-refractivity contribution in [3.05, 3.63) is 23.8 Å².